The molecule has 0 spiro atoms. The number of halogens is 2. The number of isocyanates is 1. The topological polar surface area (TPSA) is 237 Å². The van der Waals surface area contributed by atoms with Crippen molar-refractivity contribution in [2.45, 2.75) is 244 Å². The lowest BCUT2D eigenvalue weighted by atomic mass is 9.92. The minimum atomic E-state index is -4.00. The number of nitrogens with zero attached hydrogens (tertiary/aromatic N) is 2. The molecule has 0 bridgehead atoms. The molecule has 0 aromatic rings. The maximum Gasteiger partial charge on any atom is 0.350 e. The number of esters is 1. The van der Waals surface area contributed by atoms with Crippen LogP contribution in [-0.4, -0.2) is 86.7 Å². The molecule has 0 atom stereocenters. The molecule has 0 aliphatic carbocycles. The van der Waals surface area contributed by atoms with E-state index in [2.05, 4.69) is 31.7 Å². The van der Waals surface area contributed by atoms with Crippen LogP contribution < -0.4 is 11.1 Å². The van der Waals surface area contributed by atoms with E-state index in [1.54, 1.807) is 27.7 Å². The smallest absolute Gasteiger partial charge is 0.350 e. The summed E-state index contributed by atoms with van der Waals surface area (Å²) in [6, 6.07) is 0. The molecule has 2 amide bonds. The summed E-state index contributed by atoms with van der Waals surface area (Å²) in [6.07, 6.45) is 1.95. The first-order chi connectivity index (χ1) is 29.3. The zero-order valence-corrected chi connectivity index (χ0v) is 50.5. The Hall–Kier alpha value is -2.40. The predicted octanol–water partition coefficient (Wildman–Crippen LogP) is 12.9. The van der Waals surface area contributed by atoms with Crippen LogP contribution in [0, 0.1) is 0 Å². The normalized spacial score (nSPS) is 11.3. The fourth-order valence-corrected chi connectivity index (χ4v) is 4.35. The van der Waals surface area contributed by atoms with Crippen LogP contribution in [0.3, 0.4) is 0 Å². The number of hydrogen-bond acceptors (Lipinski definition) is 12. The summed E-state index contributed by atoms with van der Waals surface area (Å²) in [5, 5.41) is 9.74. The summed E-state index contributed by atoms with van der Waals surface area (Å²) in [7, 11) is 3.86. The molecule has 2 rings (SSSR count). The highest BCUT2D eigenvalue weighted by Crippen LogP contribution is 2.35. The quantitative estimate of drug-likeness (QED) is 0.0595. The lowest BCUT2D eigenvalue weighted by Crippen LogP contribution is -2.60. The Morgan fingerprint density at radius 2 is 0.984 bits per heavy atom. The number of aliphatic hydroxyl groups excluding tert-OH is 1. The molecule has 2 aliphatic rings. The molecule has 2 fully saturated rings. The van der Waals surface area contributed by atoms with E-state index in [0.29, 0.717) is 10.7 Å². The lowest BCUT2D eigenvalue weighted by molar-refractivity contribution is -0.143. The van der Waals surface area contributed by atoms with Gasteiger partial charge in [-0.15, -0.1) is 6.58 Å². The van der Waals surface area contributed by atoms with Gasteiger partial charge < -0.3 is 25.7 Å². The van der Waals surface area contributed by atoms with Crippen LogP contribution in [0.5, 0.6) is 0 Å². The van der Waals surface area contributed by atoms with Crippen LogP contribution in [-0.2, 0) is 47.2 Å². The zero-order valence-electron chi connectivity index (χ0n) is 47.4. The Morgan fingerprint density at radius 3 is 1.02 bits per heavy atom. The maximum atomic E-state index is 10.8. The first-order valence-electron chi connectivity index (χ1n) is 22.4. The van der Waals surface area contributed by atoms with Gasteiger partial charge in [-0.25, -0.2) is 9.10 Å². The highest BCUT2D eigenvalue weighted by molar-refractivity contribution is 8.12. The number of carbonyl (C=O) groups excluding carboxylic acids is 5. The van der Waals surface area contributed by atoms with Crippen LogP contribution in [0.1, 0.15) is 227 Å². The fraction of sp³-hybridized carbons (Fsp3) is 0.844. The number of carbonyl (C=O) groups is 4. The molecule has 64 heavy (non-hydrogen) atoms. The van der Waals surface area contributed by atoms with E-state index in [-0.39, 0.29) is 36.0 Å². The molecule has 0 radical (unpaired) electrons. The van der Waals surface area contributed by atoms with Crippen LogP contribution in [0.15, 0.2) is 16.5 Å². The van der Waals surface area contributed by atoms with Gasteiger partial charge in [-0.1, -0.05) is 148 Å². The number of amides is 2. The Bertz CT molecular complexity index is 1190. The third-order valence-electron chi connectivity index (χ3n) is 3.63. The molecule has 0 aromatic carbocycles. The van der Waals surface area contributed by atoms with Crippen molar-refractivity contribution in [2.75, 3.05) is 14.2 Å². The molecule has 19 heteroatoms. The number of β-lactam (4-membered cyclic amide) rings is 2. The van der Waals surface area contributed by atoms with Gasteiger partial charge in [0.15, 0.2) is 0 Å². The van der Waals surface area contributed by atoms with Gasteiger partial charge in [0.1, 0.15) is 5.78 Å². The number of methoxy groups -OCH3 is 1. The van der Waals surface area contributed by atoms with E-state index in [1.165, 1.54) is 26.5 Å². The largest absolute Gasteiger partial charge is 0.469 e. The minimum Gasteiger partial charge on any atom is -0.469 e. The van der Waals surface area contributed by atoms with Gasteiger partial charge in [0.05, 0.1) is 25.5 Å². The predicted molar refractivity (Wildman–Crippen MR) is 283 cm³/mol. The second-order valence-electron chi connectivity index (χ2n) is 11.1. The summed E-state index contributed by atoms with van der Waals surface area (Å²) in [5.74, 6) is -0.363. The van der Waals surface area contributed by atoms with E-state index in [4.69, 9.17) is 26.3 Å². The molecule has 2 saturated heterocycles. The van der Waals surface area contributed by atoms with Gasteiger partial charge in [0.25, 0.3) is 6.08 Å². The summed E-state index contributed by atoms with van der Waals surface area (Å²) < 4.78 is 47.8. The Balaban J connectivity index is -0.0000000324. The van der Waals surface area contributed by atoms with Gasteiger partial charge in [-0.2, -0.15) is 16.8 Å². The standard InChI is InChI=1S/C6H13NO2.C5H8ClNO3S.C5H9NO.C4H8.C3H6O.10C2H6.CClNO3S.CH4O/c1-6(2,7)4-5(8)9-3;1-5(2)3-4(8)7(5)11(6,9)10;1-5(2)3-4(7)6-5;1-4(2)3;1-3(2)4;10*1-2;2-7(5,6)3-1-4;1-2/h4,7H2,1-3H3;3H2,1-2H3;3H2,1-2H3,(H,6,7);1H2,2-3H3;1-2H3;10*1-2H3;;2H,1H3. The van der Waals surface area contributed by atoms with Crippen LogP contribution in [0.4, 0.5) is 0 Å². The maximum absolute atomic E-state index is 10.8. The van der Waals surface area contributed by atoms with Crippen molar-refractivity contribution < 1.29 is 50.7 Å². The van der Waals surface area contributed by atoms with E-state index >= 15 is 0 Å². The minimum absolute atomic E-state index is 0.0943. The number of rotatable bonds is 4. The van der Waals surface area contributed by atoms with Crippen molar-refractivity contribution in [3.63, 3.8) is 0 Å². The number of hydrogen-bond donors (Lipinski definition) is 3. The average Bonchev–Trinajstić information content (AvgIpc) is 3.21. The molecule has 2 heterocycles. The summed E-state index contributed by atoms with van der Waals surface area (Å²) in [6.45, 7) is 61.4. The van der Waals surface area contributed by atoms with Crippen molar-refractivity contribution in [3.05, 3.63) is 12.2 Å². The van der Waals surface area contributed by atoms with Gasteiger partial charge in [-0.05, 0) is 69.2 Å². The second kappa shape index (κ2) is 77.8. The summed E-state index contributed by atoms with van der Waals surface area (Å²) in [4.78, 5) is 50.0. The number of nitrogens with one attached hydrogen (secondary N) is 1. The fourth-order valence-electron chi connectivity index (χ4n) is 2.43. The number of ether oxygens (including phenoxy) is 1. The first-order valence-corrected chi connectivity index (χ1v) is 26.9. The van der Waals surface area contributed by atoms with E-state index in [0.717, 1.165) is 13.2 Å². The van der Waals surface area contributed by atoms with Crippen molar-refractivity contribution in [2.24, 2.45) is 10.1 Å². The van der Waals surface area contributed by atoms with Gasteiger partial charge in [0.2, 0.25) is 11.8 Å². The molecular weight excluding hydrogens is 908 g/mol. The van der Waals surface area contributed by atoms with E-state index in [9.17, 15) is 36.0 Å². The zero-order chi connectivity index (χ0) is 56.9. The third-order valence-corrected chi connectivity index (χ3v) is 5.68. The van der Waals surface area contributed by atoms with E-state index < -0.39 is 35.5 Å². The molecule has 2 aliphatic heterocycles. The molecule has 0 aromatic heterocycles. The Labute approximate surface area is 408 Å². The van der Waals surface area contributed by atoms with Crippen molar-refractivity contribution in [1.82, 2.24) is 9.62 Å². The van der Waals surface area contributed by atoms with Crippen molar-refractivity contribution in [1.29, 1.82) is 0 Å². The number of nitrogens with two attached hydrogens (primary N) is 1. The van der Waals surface area contributed by atoms with Crippen LogP contribution in [0.25, 0.3) is 0 Å². The van der Waals surface area contributed by atoms with Crippen LogP contribution in [0.2, 0.25) is 0 Å². The Kier molecular flexibility index (Phi) is 127. The monoisotopic (exact) mass is 1010 g/mol. The van der Waals surface area contributed by atoms with Gasteiger partial charge in [-0.3, -0.25) is 14.4 Å². The van der Waals surface area contributed by atoms with E-state index in [1.807, 2.05) is 166 Å². The highest BCUT2D eigenvalue weighted by atomic mass is 35.7. The highest BCUT2D eigenvalue weighted by Gasteiger charge is 2.50. The molecule has 0 unspecified atom stereocenters. The number of ketones is 1. The molecule has 15 nitrogen and oxygen atoms in total. The summed E-state index contributed by atoms with van der Waals surface area (Å²) >= 11 is 0. The third kappa shape index (κ3) is 131. The van der Waals surface area contributed by atoms with Gasteiger partial charge >= 0.3 is 24.4 Å². The molecule has 0 saturated carbocycles. The molecule has 4 N–H and O–H groups in total. The lowest BCUT2D eigenvalue weighted by Gasteiger charge is -2.44. The average molecular weight is 1020 g/mol. The number of allylic oxidation sites excluding steroid dienone is 1. The SMILES string of the molecule is C=C(C)C.CC.CC.CC.CC.CC.CC.CC.CC.CC.CC.CC(C)=O.CC1(C)CC(=O)N1.CC1(C)CC(=O)N1S(=O)(=O)Cl.CO.COC(=O)CC(C)(C)N.O=C=NS(=O)(=O)Cl. The first kappa shape index (κ1) is 104. The summed E-state index contributed by atoms with van der Waals surface area (Å²) in [5.41, 5.74) is 5.68. The molecule has 400 valence electrons. The Morgan fingerprint density at radius 1 is 0.750 bits per heavy atom. The van der Waals surface area contributed by atoms with Gasteiger partial charge in [0, 0.05) is 46.0 Å². The number of aliphatic hydroxyl groups is 1. The van der Waals surface area contributed by atoms with Crippen molar-refractivity contribution >= 4 is 69.5 Å². The molecular formula is C45H108Cl2N4O11S2. The number of Topliss-reactive ketones (excluding diaryl/α,β-unsaturated/α-hetero) is 1. The van der Waals surface area contributed by atoms with Crippen molar-refractivity contribution in [3.8, 4) is 0 Å². The second-order valence-corrected chi connectivity index (χ2v) is 15.7. The van der Waals surface area contributed by atoms with Crippen LogP contribution >= 0.6 is 21.4 Å².